The Labute approximate surface area is 131 Å². The summed E-state index contributed by atoms with van der Waals surface area (Å²) in [7, 11) is 1.15. The zero-order valence-electron chi connectivity index (χ0n) is 12.8. The van der Waals surface area contributed by atoms with Crippen molar-refractivity contribution in [3.8, 4) is 5.75 Å². The van der Waals surface area contributed by atoms with Crippen LogP contribution >= 0.6 is 0 Å². The number of aryl methyl sites for hydroxylation is 1. The molecule has 0 aliphatic carbocycles. The molecular formula is C14H16F2N4O3. The smallest absolute Gasteiger partial charge is 0.319 e. The lowest BCUT2D eigenvalue weighted by molar-refractivity contribution is 0.247. The Hall–Kier alpha value is -2.71. The van der Waals surface area contributed by atoms with Gasteiger partial charge in [-0.05, 0) is 6.42 Å². The van der Waals surface area contributed by atoms with E-state index in [0.29, 0.717) is 18.1 Å². The molecule has 2 aromatic rings. The number of hydrogen-bond donors (Lipinski definition) is 2. The van der Waals surface area contributed by atoms with Gasteiger partial charge in [0.05, 0.1) is 13.2 Å². The minimum Gasteiger partial charge on any atom is -0.491 e. The van der Waals surface area contributed by atoms with Gasteiger partial charge in [-0.3, -0.25) is 0 Å². The first-order valence-electron chi connectivity index (χ1n) is 6.85. The van der Waals surface area contributed by atoms with E-state index >= 15 is 0 Å². The van der Waals surface area contributed by atoms with Crippen LogP contribution in [0.1, 0.15) is 31.1 Å². The number of benzene rings is 1. The molecule has 124 valence electrons. The molecule has 1 aromatic carbocycles. The van der Waals surface area contributed by atoms with Crippen molar-refractivity contribution in [2.24, 2.45) is 0 Å². The summed E-state index contributed by atoms with van der Waals surface area (Å²) < 4.78 is 36.6. The lowest BCUT2D eigenvalue weighted by Crippen LogP contribution is -2.33. The topological polar surface area (TPSA) is 89.3 Å². The number of urea groups is 1. The second-order valence-electron chi connectivity index (χ2n) is 4.70. The second-order valence-corrected chi connectivity index (χ2v) is 4.70. The third-order valence-electron chi connectivity index (χ3n) is 3.03. The van der Waals surface area contributed by atoms with Crippen molar-refractivity contribution in [3.05, 3.63) is 35.5 Å². The van der Waals surface area contributed by atoms with E-state index in [1.807, 2.05) is 6.92 Å². The number of nitrogens with one attached hydrogen (secondary N) is 2. The van der Waals surface area contributed by atoms with Gasteiger partial charge in [0.2, 0.25) is 5.89 Å². The molecule has 0 aliphatic rings. The number of carbonyl (C=O) groups is 1. The molecule has 2 N–H and O–H groups in total. The van der Waals surface area contributed by atoms with Crippen molar-refractivity contribution >= 4 is 11.7 Å². The zero-order valence-corrected chi connectivity index (χ0v) is 12.8. The van der Waals surface area contributed by atoms with Crippen molar-refractivity contribution in [1.82, 2.24) is 15.5 Å². The second kappa shape index (κ2) is 7.03. The number of halogens is 2. The van der Waals surface area contributed by atoms with E-state index in [2.05, 4.69) is 25.5 Å². The number of aromatic nitrogens is 2. The van der Waals surface area contributed by atoms with Gasteiger partial charge < -0.3 is 19.9 Å². The van der Waals surface area contributed by atoms with Crippen LogP contribution in [0.5, 0.6) is 5.75 Å². The maximum absolute atomic E-state index is 13.6. The fraction of sp³-hybridized carbons (Fsp3) is 0.357. The molecule has 0 saturated heterocycles. The monoisotopic (exact) mass is 326 g/mol. The predicted molar refractivity (Wildman–Crippen MR) is 77.1 cm³/mol. The highest BCUT2D eigenvalue weighted by Gasteiger charge is 2.19. The summed E-state index contributed by atoms with van der Waals surface area (Å²) in [4.78, 5) is 16.0. The number of ether oxygens (including phenoxy) is 1. The molecule has 1 heterocycles. The van der Waals surface area contributed by atoms with Gasteiger partial charge in [0.25, 0.3) is 0 Å². The number of methoxy groups -OCH3 is 1. The number of amides is 2. The molecule has 0 bridgehead atoms. The first-order valence-corrected chi connectivity index (χ1v) is 6.85. The molecule has 0 fully saturated rings. The first-order chi connectivity index (χ1) is 10.9. The molecule has 1 atom stereocenters. The maximum Gasteiger partial charge on any atom is 0.319 e. The van der Waals surface area contributed by atoms with Gasteiger partial charge in [-0.15, -0.1) is 0 Å². The van der Waals surface area contributed by atoms with Gasteiger partial charge in [-0.1, -0.05) is 12.1 Å². The van der Waals surface area contributed by atoms with Gasteiger partial charge in [-0.25, -0.2) is 13.6 Å². The number of rotatable bonds is 5. The van der Waals surface area contributed by atoms with Crippen molar-refractivity contribution in [1.29, 1.82) is 0 Å². The normalized spacial score (nSPS) is 11.9. The van der Waals surface area contributed by atoms with Crippen LogP contribution in [-0.2, 0) is 0 Å². The van der Waals surface area contributed by atoms with Crippen LogP contribution in [0.4, 0.5) is 19.3 Å². The minimum absolute atomic E-state index is 0.0440. The first kappa shape index (κ1) is 16.7. The molecule has 2 amide bonds. The molecule has 23 heavy (non-hydrogen) atoms. The standard InChI is InChI=1S/C14H16F2N4O3/c1-4-11(13-17-7(2)23-20-13)19-14(21)18-8-5-9(15)12(22-3)10(16)6-8/h5-6,11H,4H2,1-3H3,(H2,18,19,21)/t11-/m0/s1. The number of hydrogen-bond acceptors (Lipinski definition) is 5. The molecule has 1 aromatic heterocycles. The summed E-state index contributed by atoms with van der Waals surface area (Å²) in [6.45, 7) is 3.45. The van der Waals surface area contributed by atoms with Crippen molar-refractivity contribution in [3.63, 3.8) is 0 Å². The summed E-state index contributed by atoms with van der Waals surface area (Å²) in [5, 5.41) is 8.68. The molecular weight excluding hydrogens is 310 g/mol. The summed E-state index contributed by atoms with van der Waals surface area (Å²) in [5.41, 5.74) is -0.0440. The van der Waals surface area contributed by atoms with E-state index in [1.54, 1.807) is 6.92 Å². The summed E-state index contributed by atoms with van der Waals surface area (Å²) in [6, 6.07) is 0.783. The maximum atomic E-state index is 13.6. The van der Waals surface area contributed by atoms with Crippen LogP contribution in [0.3, 0.4) is 0 Å². The SMILES string of the molecule is CC[C@H](NC(=O)Nc1cc(F)c(OC)c(F)c1)c1noc(C)n1. The van der Waals surface area contributed by atoms with Gasteiger partial charge >= 0.3 is 6.03 Å². The molecule has 9 heteroatoms. The van der Waals surface area contributed by atoms with E-state index < -0.39 is 29.5 Å². The van der Waals surface area contributed by atoms with Crippen LogP contribution < -0.4 is 15.4 Å². The third kappa shape index (κ3) is 3.93. The van der Waals surface area contributed by atoms with E-state index in [0.717, 1.165) is 19.2 Å². The van der Waals surface area contributed by atoms with E-state index in [9.17, 15) is 13.6 Å². The van der Waals surface area contributed by atoms with Crippen LogP contribution in [-0.4, -0.2) is 23.3 Å². The Morgan fingerprint density at radius 1 is 1.39 bits per heavy atom. The van der Waals surface area contributed by atoms with Crippen molar-refractivity contribution in [2.45, 2.75) is 26.3 Å². The van der Waals surface area contributed by atoms with E-state index in [4.69, 9.17) is 4.52 Å². The van der Waals surface area contributed by atoms with Crippen LogP contribution in [0.15, 0.2) is 16.7 Å². The lowest BCUT2D eigenvalue weighted by atomic mass is 10.2. The Balaban J connectivity index is 2.07. The molecule has 2 rings (SSSR count). The molecule has 0 unspecified atom stereocenters. The Morgan fingerprint density at radius 3 is 2.52 bits per heavy atom. The largest absolute Gasteiger partial charge is 0.491 e. The summed E-state index contributed by atoms with van der Waals surface area (Å²) in [5.74, 6) is -1.64. The fourth-order valence-electron chi connectivity index (χ4n) is 1.96. The summed E-state index contributed by atoms with van der Waals surface area (Å²) in [6.07, 6.45) is 0.512. The van der Waals surface area contributed by atoms with Crippen molar-refractivity contribution < 1.29 is 22.8 Å². The molecule has 0 aliphatic heterocycles. The molecule has 0 spiro atoms. The number of anilines is 1. The lowest BCUT2D eigenvalue weighted by Gasteiger charge is -2.14. The fourth-order valence-corrected chi connectivity index (χ4v) is 1.96. The minimum atomic E-state index is -0.913. The van der Waals surface area contributed by atoms with E-state index in [1.165, 1.54) is 0 Å². The predicted octanol–water partition coefficient (Wildman–Crippen LogP) is 2.94. The molecule has 7 nitrogen and oxygen atoms in total. The number of carbonyl (C=O) groups excluding carboxylic acids is 1. The quantitative estimate of drug-likeness (QED) is 0.882. The average Bonchev–Trinajstić information content (AvgIpc) is 2.91. The molecule has 0 radical (unpaired) electrons. The highest BCUT2D eigenvalue weighted by molar-refractivity contribution is 5.89. The van der Waals surface area contributed by atoms with Gasteiger partial charge in [0.15, 0.2) is 23.2 Å². The average molecular weight is 326 g/mol. The van der Waals surface area contributed by atoms with Gasteiger partial charge in [0.1, 0.15) is 0 Å². The third-order valence-corrected chi connectivity index (χ3v) is 3.03. The highest BCUT2D eigenvalue weighted by Crippen LogP contribution is 2.25. The van der Waals surface area contributed by atoms with Gasteiger partial charge in [0, 0.05) is 24.7 Å². The Bertz CT molecular complexity index is 682. The van der Waals surface area contributed by atoms with Crippen molar-refractivity contribution in [2.75, 3.05) is 12.4 Å². The van der Waals surface area contributed by atoms with E-state index in [-0.39, 0.29) is 5.69 Å². The number of nitrogens with zero attached hydrogens (tertiary/aromatic N) is 2. The Morgan fingerprint density at radius 2 is 2.04 bits per heavy atom. The van der Waals surface area contributed by atoms with Gasteiger partial charge in [-0.2, -0.15) is 4.98 Å². The van der Waals surface area contributed by atoms with Crippen LogP contribution in [0, 0.1) is 18.6 Å². The molecule has 0 saturated carbocycles. The van der Waals surface area contributed by atoms with Crippen LogP contribution in [0.2, 0.25) is 0 Å². The van der Waals surface area contributed by atoms with Crippen LogP contribution in [0.25, 0.3) is 0 Å². The summed E-state index contributed by atoms with van der Waals surface area (Å²) >= 11 is 0. The zero-order chi connectivity index (χ0) is 17.0. The highest BCUT2D eigenvalue weighted by atomic mass is 19.1. The Kier molecular flexibility index (Phi) is 5.09.